The molecule has 3 nitrogen and oxygen atoms in total. The molecule has 0 saturated heterocycles. The van der Waals surface area contributed by atoms with Crippen LogP contribution in [0.25, 0.3) is 0 Å². The third kappa shape index (κ3) is 2.51. The topological polar surface area (TPSA) is 54.4 Å². The van der Waals surface area contributed by atoms with Crippen molar-refractivity contribution in [1.82, 2.24) is 0 Å². The Balaban J connectivity index is 0.00000200. The van der Waals surface area contributed by atoms with Crippen LogP contribution < -0.4 is 0 Å². The van der Waals surface area contributed by atoms with E-state index in [-0.39, 0.29) is 61.8 Å². The minimum Gasteiger partial charge on any atom is -0.478 e. The summed E-state index contributed by atoms with van der Waals surface area (Å²) in [5.74, 6) is -1.43. The molecule has 0 heterocycles. The number of Topliss-reactive ketones (excluding diaryl/α,β-unsaturated/α-hetero) is 1. The first-order valence-corrected chi connectivity index (χ1v) is 6.61. The standard InChI is InChI=1S/C16H20O3.Y/c1-7-6-12-9(3)11(5)14(16(18)19)15(17)13(12)10(4)8(7)2;/h6,9,12-13H,1-5H3,(H,18,19);. The van der Waals surface area contributed by atoms with E-state index in [1.54, 1.807) is 6.92 Å². The molecule has 3 unspecified atom stereocenters. The summed E-state index contributed by atoms with van der Waals surface area (Å²) in [6, 6.07) is 0. The van der Waals surface area contributed by atoms with Crippen LogP contribution in [0.1, 0.15) is 34.6 Å². The predicted octanol–water partition coefficient (Wildman–Crippen LogP) is 3.13. The molecule has 20 heavy (non-hydrogen) atoms. The zero-order valence-electron chi connectivity index (χ0n) is 12.7. The van der Waals surface area contributed by atoms with Gasteiger partial charge in [0.1, 0.15) is 5.57 Å². The number of carbonyl (C=O) groups excluding carboxylic acids is 1. The van der Waals surface area contributed by atoms with Crippen molar-refractivity contribution in [3.8, 4) is 0 Å². The second-order valence-corrected chi connectivity index (χ2v) is 5.73. The predicted molar refractivity (Wildman–Crippen MR) is 73.6 cm³/mol. The molecule has 3 atom stereocenters. The van der Waals surface area contributed by atoms with Gasteiger partial charge < -0.3 is 5.11 Å². The van der Waals surface area contributed by atoms with Gasteiger partial charge in [-0.05, 0) is 45.1 Å². The van der Waals surface area contributed by atoms with Crippen molar-refractivity contribution < 1.29 is 47.4 Å². The summed E-state index contributed by atoms with van der Waals surface area (Å²) in [6.07, 6.45) is 2.14. The summed E-state index contributed by atoms with van der Waals surface area (Å²) < 4.78 is 0. The Bertz CT molecular complexity index is 566. The molecule has 0 aromatic rings. The molecule has 0 bridgehead atoms. The Kier molecular flexibility index (Phi) is 5.31. The van der Waals surface area contributed by atoms with Gasteiger partial charge in [-0.2, -0.15) is 0 Å². The van der Waals surface area contributed by atoms with E-state index in [4.69, 9.17) is 0 Å². The minimum atomic E-state index is -1.09. The molecule has 0 aromatic heterocycles. The molecule has 2 rings (SSSR count). The molecule has 2 aliphatic rings. The van der Waals surface area contributed by atoms with Crippen molar-refractivity contribution in [2.75, 3.05) is 0 Å². The molecule has 0 fully saturated rings. The van der Waals surface area contributed by atoms with E-state index < -0.39 is 5.97 Å². The normalized spacial score (nSPS) is 29.8. The maximum Gasteiger partial charge on any atom is 0.339 e. The summed E-state index contributed by atoms with van der Waals surface area (Å²) in [7, 11) is 0. The zero-order valence-corrected chi connectivity index (χ0v) is 15.5. The van der Waals surface area contributed by atoms with Crippen molar-refractivity contribution in [2.24, 2.45) is 17.8 Å². The quantitative estimate of drug-likeness (QED) is 0.740. The van der Waals surface area contributed by atoms with E-state index in [1.807, 2.05) is 20.8 Å². The Morgan fingerprint density at radius 2 is 1.70 bits per heavy atom. The Labute approximate surface area is 145 Å². The summed E-state index contributed by atoms with van der Waals surface area (Å²) in [5, 5.41) is 9.28. The van der Waals surface area contributed by atoms with Gasteiger partial charge in [-0.3, -0.25) is 4.79 Å². The third-order valence-electron chi connectivity index (χ3n) is 4.87. The number of carboxylic acid groups (broad SMARTS) is 1. The maximum absolute atomic E-state index is 12.5. The number of fused-ring (bicyclic) bond motifs is 1. The molecule has 4 heteroatoms. The van der Waals surface area contributed by atoms with Crippen LogP contribution in [-0.2, 0) is 42.3 Å². The van der Waals surface area contributed by atoms with Crippen LogP contribution in [0.4, 0.5) is 0 Å². The number of ketones is 1. The fourth-order valence-electron chi connectivity index (χ4n) is 3.29. The minimum absolute atomic E-state index is 0. The van der Waals surface area contributed by atoms with Crippen LogP contribution in [0.2, 0.25) is 0 Å². The molecule has 0 aliphatic heterocycles. The van der Waals surface area contributed by atoms with Gasteiger partial charge in [0.25, 0.3) is 0 Å². The van der Waals surface area contributed by atoms with Crippen molar-refractivity contribution in [3.63, 3.8) is 0 Å². The zero-order chi connectivity index (χ0) is 14.5. The first-order valence-electron chi connectivity index (χ1n) is 6.61. The molecule has 2 aliphatic carbocycles. The van der Waals surface area contributed by atoms with Crippen molar-refractivity contribution in [3.05, 3.63) is 33.9 Å². The Morgan fingerprint density at radius 1 is 1.15 bits per heavy atom. The molecule has 1 radical (unpaired) electrons. The van der Waals surface area contributed by atoms with E-state index in [0.29, 0.717) is 5.57 Å². The summed E-state index contributed by atoms with van der Waals surface area (Å²) in [4.78, 5) is 23.9. The second-order valence-electron chi connectivity index (χ2n) is 5.73. The molecular formula is C16H20O3Y. The van der Waals surface area contributed by atoms with Gasteiger partial charge >= 0.3 is 5.97 Å². The Hall–Kier alpha value is -0.536. The van der Waals surface area contributed by atoms with E-state index in [1.165, 1.54) is 5.57 Å². The fraction of sp³-hybridized carbons (Fsp3) is 0.500. The average Bonchev–Trinajstić information content (AvgIpc) is 2.32. The van der Waals surface area contributed by atoms with Gasteiger partial charge in [-0.15, -0.1) is 0 Å². The number of rotatable bonds is 1. The van der Waals surface area contributed by atoms with E-state index >= 15 is 0 Å². The van der Waals surface area contributed by atoms with Crippen LogP contribution >= 0.6 is 0 Å². The molecule has 0 saturated carbocycles. The van der Waals surface area contributed by atoms with Gasteiger partial charge in [0.05, 0.1) is 5.92 Å². The average molecular weight is 349 g/mol. The van der Waals surface area contributed by atoms with Crippen LogP contribution in [-0.4, -0.2) is 16.9 Å². The van der Waals surface area contributed by atoms with Crippen LogP contribution in [0.5, 0.6) is 0 Å². The van der Waals surface area contributed by atoms with E-state index in [2.05, 4.69) is 13.0 Å². The maximum atomic E-state index is 12.5. The van der Waals surface area contributed by atoms with Gasteiger partial charge in [-0.1, -0.05) is 29.7 Å². The van der Waals surface area contributed by atoms with Crippen molar-refractivity contribution >= 4 is 11.8 Å². The van der Waals surface area contributed by atoms with Gasteiger partial charge in [0, 0.05) is 32.7 Å². The molecule has 1 N–H and O–H groups in total. The largest absolute Gasteiger partial charge is 0.478 e. The van der Waals surface area contributed by atoms with Gasteiger partial charge in [-0.25, -0.2) is 4.79 Å². The van der Waals surface area contributed by atoms with Crippen LogP contribution in [0, 0.1) is 17.8 Å². The SMILES string of the molecule is CC1=CC2C(C)C(C)=C(C(=O)O)C(=O)C2C(C)=C1C.[Y]. The number of hydrogen-bond acceptors (Lipinski definition) is 2. The first kappa shape index (κ1) is 17.5. The van der Waals surface area contributed by atoms with Crippen molar-refractivity contribution in [1.29, 1.82) is 0 Å². The second kappa shape index (κ2) is 6.07. The third-order valence-corrected chi connectivity index (χ3v) is 4.87. The summed E-state index contributed by atoms with van der Waals surface area (Å²) in [6.45, 7) is 9.79. The number of allylic oxidation sites excluding steroid dienone is 5. The molecule has 0 amide bonds. The van der Waals surface area contributed by atoms with Crippen molar-refractivity contribution in [2.45, 2.75) is 34.6 Å². The molecule has 105 valence electrons. The fourth-order valence-corrected chi connectivity index (χ4v) is 3.29. The van der Waals surface area contributed by atoms with Gasteiger partial charge in [0.15, 0.2) is 5.78 Å². The van der Waals surface area contributed by atoms with Gasteiger partial charge in [0.2, 0.25) is 0 Å². The number of carboxylic acids is 1. The smallest absolute Gasteiger partial charge is 0.339 e. The van der Waals surface area contributed by atoms with Crippen LogP contribution in [0.3, 0.4) is 0 Å². The van der Waals surface area contributed by atoms with E-state index in [0.717, 1.165) is 11.1 Å². The summed E-state index contributed by atoms with van der Waals surface area (Å²) >= 11 is 0. The molecular weight excluding hydrogens is 329 g/mol. The first-order chi connectivity index (χ1) is 8.77. The monoisotopic (exact) mass is 349 g/mol. The van der Waals surface area contributed by atoms with E-state index in [9.17, 15) is 14.7 Å². The molecule has 0 aromatic carbocycles. The number of carbonyl (C=O) groups is 2. The molecule has 0 spiro atoms. The Morgan fingerprint density at radius 3 is 2.20 bits per heavy atom. The van der Waals surface area contributed by atoms with Crippen LogP contribution in [0.15, 0.2) is 33.9 Å². The number of aliphatic carboxylic acids is 1. The summed E-state index contributed by atoms with van der Waals surface area (Å²) in [5.41, 5.74) is 4.04. The number of hydrogen-bond donors (Lipinski definition) is 1.